The van der Waals surface area contributed by atoms with E-state index in [2.05, 4.69) is 10.3 Å². The van der Waals surface area contributed by atoms with Gasteiger partial charge in [-0.15, -0.1) is 11.3 Å². The van der Waals surface area contributed by atoms with Crippen molar-refractivity contribution in [1.29, 1.82) is 0 Å². The van der Waals surface area contributed by atoms with E-state index < -0.39 is 0 Å². The summed E-state index contributed by atoms with van der Waals surface area (Å²) < 4.78 is 5.15. The van der Waals surface area contributed by atoms with Gasteiger partial charge < -0.3 is 10.1 Å². The Morgan fingerprint density at radius 1 is 1.24 bits per heavy atom. The number of benzene rings is 2. The fourth-order valence-electron chi connectivity index (χ4n) is 2.38. The number of rotatable bonds is 5. The van der Waals surface area contributed by atoms with Crippen molar-refractivity contribution < 1.29 is 9.53 Å². The molecule has 0 aliphatic heterocycles. The predicted molar refractivity (Wildman–Crippen MR) is 102 cm³/mol. The van der Waals surface area contributed by atoms with Gasteiger partial charge in [0.1, 0.15) is 10.6 Å². The Balaban J connectivity index is 1.71. The Kier molecular flexibility index (Phi) is 5.36. The lowest BCUT2D eigenvalue weighted by Crippen LogP contribution is -2.11. The number of nitrogens with one attached hydrogen (secondary N) is 1. The van der Waals surface area contributed by atoms with Crippen molar-refractivity contribution in [3.05, 3.63) is 74.7 Å². The molecule has 0 saturated carbocycles. The van der Waals surface area contributed by atoms with E-state index in [-0.39, 0.29) is 5.91 Å². The van der Waals surface area contributed by atoms with Crippen LogP contribution in [0, 0.1) is 6.92 Å². The highest BCUT2D eigenvalue weighted by atomic mass is 35.5. The van der Waals surface area contributed by atoms with Gasteiger partial charge in [0, 0.05) is 6.42 Å². The van der Waals surface area contributed by atoms with Gasteiger partial charge in [0.15, 0.2) is 0 Å². The largest absolute Gasteiger partial charge is 0.497 e. The number of carbonyl (C=O) groups is 1. The number of aryl methyl sites for hydroxylation is 1. The molecule has 0 saturated heterocycles. The Labute approximate surface area is 155 Å². The van der Waals surface area contributed by atoms with Crippen LogP contribution in [0.15, 0.2) is 48.7 Å². The van der Waals surface area contributed by atoms with Crippen LogP contribution >= 0.6 is 22.9 Å². The lowest BCUT2D eigenvalue weighted by molar-refractivity contribution is 0.103. The van der Waals surface area contributed by atoms with Crippen LogP contribution in [0.1, 0.15) is 25.8 Å². The lowest BCUT2D eigenvalue weighted by Gasteiger charge is -2.08. The third-order valence-electron chi connectivity index (χ3n) is 3.75. The minimum Gasteiger partial charge on any atom is -0.497 e. The SMILES string of the molecule is COc1ccc(Cc2ncc(C(=O)Nc3c(C)cccc3Cl)s2)cc1. The summed E-state index contributed by atoms with van der Waals surface area (Å²) in [4.78, 5) is 17.4. The van der Waals surface area contributed by atoms with E-state index in [1.165, 1.54) is 11.3 Å². The first-order valence-electron chi connectivity index (χ1n) is 7.71. The average Bonchev–Trinajstić information content (AvgIpc) is 3.07. The van der Waals surface area contributed by atoms with E-state index in [0.29, 0.717) is 22.0 Å². The second-order valence-electron chi connectivity index (χ2n) is 5.53. The molecule has 2 aromatic carbocycles. The van der Waals surface area contributed by atoms with Gasteiger partial charge in [-0.25, -0.2) is 4.98 Å². The number of methoxy groups -OCH3 is 1. The van der Waals surface area contributed by atoms with Gasteiger partial charge in [-0.3, -0.25) is 4.79 Å². The van der Waals surface area contributed by atoms with Gasteiger partial charge in [-0.2, -0.15) is 0 Å². The standard InChI is InChI=1S/C19H17ClN2O2S/c1-12-4-3-5-15(20)18(12)22-19(23)16-11-21-17(25-16)10-13-6-8-14(24-2)9-7-13/h3-9,11H,10H2,1-2H3,(H,22,23). The maximum Gasteiger partial charge on any atom is 0.267 e. The zero-order chi connectivity index (χ0) is 17.8. The Morgan fingerprint density at radius 3 is 2.68 bits per heavy atom. The van der Waals surface area contributed by atoms with E-state index in [0.717, 1.165) is 21.9 Å². The summed E-state index contributed by atoms with van der Waals surface area (Å²) in [6.45, 7) is 1.91. The number of para-hydroxylation sites is 1. The van der Waals surface area contributed by atoms with Gasteiger partial charge in [0.05, 0.1) is 29.0 Å². The molecule has 0 radical (unpaired) electrons. The number of hydrogen-bond donors (Lipinski definition) is 1. The number of anilines is 1. The minimum atomic E-state index is -0.199. The molecule has 0 fully saturated rings. The first-order valence-corrected chi connectivity index (χ1v) is 8.90. The number of thiazole rings is 1. The summed E-state index contributed by atoms with van der Waals surface area (Å²) >= 11 is 7.54. The van der Waals surface area contributed by atoms with Gasteiger partial charge in [-0.1, -0.05) is 35.9 Å². The fourth-order valence-corrected chi connectivity index (χ4v) is 3.50. The first-order chi connectivity index (χ1) is 12.1. The number of nitrogens with zero attached hydrogens (tertiary/aromatic N) is 1. The molecular formula is C19H17ClN2O2S. The number of aromatic nitrogens is 1. The Bertz CT molecular complexity index is 870. The van der Waals surface area contributed by atoms with Crippen LogP contribution in [-0.2, 0) is 6.42 Å². The second kappa shape index (κ2) is 7.68. The number of carbonyl (C=O) groups excluding carboxylic acids is 1. The molecule has 1 amide bonds. The van der Waals surface area contributed by atoms with Crippen molar-refractivity contribution in [2.75, 3.05) is 12.4 Å². The molecule has 4 nitrogen and oxygen atoms in total. The normalized spacial score (nSPS) is 10.5. The Hall–Kier alpha value is -2.37. The molecule has 0 aliphatic carbocycles. The fraction of sp³-hybridized carbons (Fsp3) is 0.158. The zero-order valence-electron chi connectivity index (χ0n) is 13.9. The quantitative estimate of drug-likeness (QED) is 0.688. The lowest BCUT2D eigenvalue weighted by atomic mass is 10.1. The topological polar surface area (TPSA) is 51.2 Å². The highest BCUT2D eigenvalue weighted by molar-refractivity contribution is 7.13. The molecule has 1 N–H and O–H groups in total. The van der Waals surface area contributed by atoms with Crippen LogP contribution in [0.25, 0.3) is 0 Å². The third kappa shape index (κ3) is 4.18. The zero-order valence-corrected chi connectivity index (χ0v) is 15.4. The summed E-state index contributed by atoms with van der Waals surface area (Å²) in [6.07, 6.45) is 2.28. The molecule has 3 rings (SSSR count). The van der Waals surface area contributed by atoms with Crippen molar-refractivity contribution in [2.24, 2.45) is 0 Å². The maximum absolute atomic E-state index is 12.5. The molecule has 0 unspecified atom stereocenters. The van der Waals surface area contributed by atoms with Gasteiger partial charge in [0.2, 0.25) is 0 Å². The van der Waals surface area contributed by atoms with Gasteiger partial charge in [-0.05, 0) is 36.2 Å². The minimum absolute atomic E-state index is 0.199. The van der Waals surface area contributed by atoms with Crippen LogP contribution in [0.2, 0.25) is 5.02 Å². The van der Waals surface area contributed by atoms with E-state index in [1.54, 1.807) is 19.4 Å². The second-order valence-corrected chi connectivity index (χ2v) is 7.05. The molecule has 0 atom stereocenters. The molecule has 1 aromatic heterocycles. The van der Waals surface area contributed by atoms with Crippen molar-refractivity contribution in [3.8, 4) is 5.75 Å². The molecule has 1 heterocycles. The van der Waals surface area contributed by atoms with Crippen molar-refractivity contribution in [1.82, 2.24) is 4.98 Å². The van der Waals surface area contributed by atoms with Crippen molar-refractivity contribution >= 4 is 34.5 Å². The smallest absolute Gasteiger partial charge is 0.267 e. The summed E-state index contributed by atoms with van der Waals surface area (Å²) in [5.41, 5.74) is 2.67. The summed E-state index contributed by atoms with van der Waals surface area (Å²) in [5, 5.41) is 4.28. The summed E-state index contributed by atoms with van der Waals surface area (Å²) in [5.74, 6) is 0.618. The van der Waals surface area contributed by atoms with Crippen LogP contribution in [0.5, 0.6) is 5.75 Å². The molecule has 128 valence electrons. The molecule has 0 bridgehead atoms. The predicted octanol–water partition coefficient (Wildman–Crippen LogP) is 4.96. The molecule has 3 aromatic rings. The average molecular weight is 373 g/mol. The highest BCUT2D eigenvalue weighted by Crippen LogP contribution is 2.27. The number of halogens is 1. The van der Waals surface area contributed by atoms with E-state index in [9.17, 15) is 4.79 Å². The first kappa shape index (κ1) is 17.5. The van der Waals surface area contributed by atoms with Crippen LogP contribution in [-0.4, -0.2) is 18.0 Å². The van der Waals surface area contributed by atoms with Crippen LogP contribution in [0.4, 0.5) is 5.69 Å². The molecule has 0 spiro atoms. The van der Waals surface area contributed by atoms with Crippen molar-refractivity contribution in [3.63, 3.8) is 0 Å². The van der Waals surface area contributed by atoms with Crippen LogP contribution < -0.4 is 10.1 Å². The van der Waals surface area contributed by atoms with Gasteiger partial charge in [0.25, 0.3) is 5.91 Å². The Morgan fingerprint density at radius 2 is 2.00 bits per heavy atom. The molecular weight excluding hydrogens is 356 g/mol. The van der Waals surface area contributed by atoms with E-state index >= 15 is 0 Å². The third-order valence-corrected chi connectivity index (χ3v) is 5.06. The molecule has 25 heavy (non-hydrogen) atoms. The van der Waals surface area contributed by atoms with Crippen molar-refractivity contribution in [2.45, 2.75) is 13.3 Å². The van der Waals surface area contributed by atoms with E-state index in [1.807, 2.05) is 43.3 Å². The highest BCUT2D eigenvalue weighted by Gasteiger charge is 2.14. The number of amides is 1. The molecule has 0 aliphatic rings. The monoisotopic (exact) mass is 372 g/mol. The van der Waals surface area contributed by atoms with E-state index in [4.69, 9.17) is 16.3 Å². The molecule has 6 heteroatoms. The maximum atomic E-state index is 12.5. The number of ether oxygens (including phenoxy) is 1. The number of hydrogen-bond acceptors (Lipinski definition) is 4. The summed E-state index contributed by atoms with van der Waals surface area (Å²) in [7, 11) is 1.64. The summed E-state index contributed by atoms with van der Waals surface area (Å²) in [6, 6.07) is 13.3. The van der Waals surface area contributed by atoms with Gasteiger partial charge >= 0.3 is 0 Å². The van der Waals surface area contributed by atoms with Crippen LogP contribution in [0.3, 0.4) is 0 Å².